The standard InChI is InChI=1S/C16H34S5/c1-5-6-7-8-9-10-11-12-13-14-15-17-19-21-20-18-16(2,3)4/h5-15H2,1-4H3. The van der Waals surface area contributed by atoms with Crippen molar-refractivity contribution in [2.24, 2.45) is 0 Å². The van der Waals surface area contributed by atoms with Gasteiger partial charge in [-0.3, -0.25) is 0 Å². The van der Waals surface area contributed by atoms with Crippen LogP contribution >= 0.6 is 51.1 Å². The molecule has 0 bridgehead atoms. The molecule has 0 aromatic heterocycles. The van der Waals surface area contributed by atoms with E-state index in [4.69, 9.17) is 0 Å². The van der Waals surface area contributed by atoms with Crippen molar-refractivity contribution < 1.29 is 0 Å². The molecular weight excluding hydrogens is 353 g/mol. The smallest absolute Gasteiger partial charge is 0.0187 e. The Morgan fingerprint density at radius 3 is 1.67 bits per heavy atom. The first-order chi connectivity index (χ1) is 10.1. The largest absolute Gasteiger partial charge is 0.0817 e. The van der Waals surface area contributed by atoms with E-state index in [1.165, 1.54) is 70.0 Å². The van der Waals surface area contributed by atoms with Crippen molar-refractivity contribution in [2.75, 3.05) is 5.75 Å². The molecule has 21 heavy (non-hydrogen) atoms. The molecule has 0 rings (SSSR count). The fraction of sp³-hybridized carbons (Fsp3) is 1.00. The molecule has 0 radical (unpaired) electrons. The summed E-state index contributed by atoms with van der Waals surface area (Å²) in [6, 6.07) is 0. The van der Waals surface area contributed by atoms with Crippen molar-refractivity contribution in [1.29, 1.82) is 0 Å². The second kappa shape index (κ2) is 16.6. The van der Waals surface area contributed by atoms with Gasteiger partial charge in [-0.15, -0.1) is 0 Å². The molecule has 5 heteroatoms. The summed E-state index contributed by atoms with van der Waals surface area (Å²) in [5, 5.41) is 0. The molecule has 0 aliphatic rings. The molecule has 0 nitrogen and oxygen atoms in total. The molecule has 0 aliphatic carbocycles. The maximum Gasteiger partial charge on any atom is 0.0187 e. The fourth-order valence-electron chi connectivity index (χ4n) is 1.83. The van der Waals surface area contributed by atoms with Crippen LogP contribution in [0.1, 0.15) is 91.9 Å². The van der Waals surface area contributed by atoms with E-state index in [1.54, 1.807) is 0 Å². The van der Waals surface area contributed by atoms with Gasteiger partial charge in [-0.2, -0.15) is 0 Å². The lowest BCUT2D eigenvalue weighted by atomic mass is 10.1. The van der Waals surface area contributed by atoms with Gasteiger partial charge in [0, 0.05) is 10.5 Å². The van der Waals surface area contributed by atoms with Gasteiger partial charge < -0.3 is 0 Å². The molecule has 0 saturated carbocycles. The molecule has 0 aromatic carbocycles. The third kappa shape index (κ3) is 21.8. The first-order valence-corrected chi connectivity index (χ1v) is 14.7. The van der Waals surface area contributed by atoms with Gasteiger partial charge in [0.25, 0.3) is 0 Å². The number of hydrogen-bond acceptors (Lipinski definition) is 5. The van der Waals surface area contributed by atoms with E-state index in [0.717, 1.165) is 0 Å². The second-order valence-electron chi connectivity index (χ2n) is 6.40. The number of unbranched alkanes of at least 4 members (excludes halogenated alkanes) is 9. The van der Waals surface area contributed by atoms with E-state index in [9.17, 15) is 0 Å². The zero-order valence-corrected chi connectivity index (χ0v) is 18.4. The van der Waals surface area contributed by atoms with E-state index < -0.39 is 0 Å². The van der Waals surface area contributed by atoms with Crippen molar-refractivity contribution in [3.05, 3.63) is 0 Å². The lowest BCUT2D eigenvalue weighted by Crippen LogP contribution is -2.03. The van der Waals surface area contributed by atoms with Crippen molar-refractivity contribution in [1.82, 2.24) is 0 Å². The Hall–Kier alpha value is 1.75. The van der Waals surface area contributed by atoms with Gasteiger partial charge in [-0.1, -0.05) is 107 Å². The SMILES string of the molecule is CCCCCCCCCCCCSSSSSC(C)(C)C. The zero-order chi connectivity index (χ0) is 15.8. The molecule has 0 amide bonds. The summed E-state index contributed by atoms with van der Waals surface area (Å²) in [4.78, 5) is 0. The van der Waals surface area contributed by atoms with Crippen molar-refractivity contribution >= 4 is 51.1 Å². The minimum atomic E-state index is 0.374. The van der Waals surface area contributed by atoms with Crippen LogP contribution < -0.4 is 0 Å². The van der Waals surface area contributed by atoms with Gasteiger partial charge in [0.05, 0.1) is 0 Å². The lowest BCUT2D eigenvalue weighted by molar-refractivity contribution is 0.563. The van der Waals surface area contributed by atoms with Gasteiger partial charge in [0.15, 0.2) is 0 Å². The van der Waals surface area contributed by atoms with Crippen molar-refractivity contribution in [3.8, 4) is 0 Å². The first-order valence-electron chi connectivity index (χ1n) is 8.37. The molecule has 0 N–H and O–H groups in total. The van der Waals surface area contributed by atoms with Crippen LogP contribution in [0.3, 0.4) is 0 Å². The molecule has 0 aliphatic heterocycles. The van der Waals surface area contributed by atoms with Gasteiger partial charge in [-0.25, -0.2) is 0 Å². The molecule has 0 spiro atoms. The highest BCUT2D eigenvalue weighted by Crippen LogP contribution is 2.52. The second-order valence-corrected chi connectivity index (χ2v) is 15.0. The number of rotatable bonds is 15. The van der Waals surface area contributed by atoms with Crippen LogP contribution in [-0.4, -0.2) is 10.5 Å². The van der Waals surface area contributed by atoms with Gasteiger partial charge >= 0.3 is 0 Å². The summed E-state index contributed by atoms with van der Waals surface area (Å²) >= 11 is 0. The van der Waals surface area contributed by atoms with Crippen LogP contribution in [0, 0.1) is 0 Å². The molecule has 128 valence electrons. The lowest BCUT2D eigenvalue weighted by Gasteiger charge is -2.14. The topological polar surface area (TPSA) is 0 Å². The first kappa shape index (κ1) is 22.8. The molecule has 0 atom stereocenters. The molecule has 0 unspecified atom stereocenters. The highest BCUT2D eigenvalue weighted by molar-refractivity contribution is 9.35. The van der Waals surface area contributed by atoms with Gasteiger partial charge in [0.2, 0.25) is 0 Å². The van der Waals surface area contributed by atoms with Crippen LogP contribution in [0.5, 0.6) is 0 Å². The third-order valence-electron chi connectivity index (χ3n) is 2.97. The third-order valence-corrected chi connectivity index (χ3v) is 12.5. The van der Waals surface area contributed by atoms with E-state index in [2.05, 4.69) is 27.7 Å². The van der Waals surface area contributed by atoms with Crippen LogP contribution in [0.2, 0.25) is 0 Å². The summed E-state index contributed by atoms with van der Waals surface area (Å²) in [6.45, 7) is 9.10. The molecule has 0 aromatic rings. The molecule has 0 heterocycles. The van der Waals surface area contributed by atoms with E-state index in [1.807, 2.05) is 51.1 Å². The summed E-state index contributed by atoms with van der Waals surface area (Å²) < 4.78 is 0.374. The van der Waals surface area contributed by atoms with Crippen LogP contribution in [0.25, 0.3) is 0 Å². The summed E-state index contributed by atoms with van der Waals surface area (Å²) in [5.41, 5.74) is 0. The number of hydrogen-bond donors (Lipinski definition) is 0. The molecular formula is C16H34S5. The van der Waals surface area contributed by atoms with Crippen molar-refractivity contribution in [3.63, 3.8) is 0 Å². The quantitative estimate of drug-likeness (QED) is 0.203. The maximum atomic E-state index is 2.29. The van der Waals surface area contributed by atoms with Gasteiger partial charge in [-0.05, 0) is 35.9 Å². The molecule has 0 fully saturated rings. The minimum absolute atomic E-state index is 0.374. The van der Waals surface area contributed by atoms with Crippen LogP contribution in [-0.2, 0) is 0 Å². The average molecular weight is 387 g/mol. The summed E-state index contributed by atoms with van der Waals surface area (Å²) in [6.07, 6.45) is 14.3. The van der Waals surface area contributed by atoms with Crippen LogP contribution in [0.15, 0.2) is 0 Å². The van der Waals surface area contributed by atoms with E-state index in [-0.39, 0.29) is 0 Å². The Labute approximate surface area is 152 Å². The Morgan fingerprint density at radius 2 is 1.14 bits per heavy atom. The molecule has 0 saturated heterocycles. The van der Waals surface area contributed by atoms with E-state index >= 15 is 0 Å². The minimum Gasteiger partial charge on any atom is -0.0817 e. The summed E-state index contributed by atoms with van der Waals surface area (Å²) in [5.74, 6) is 1.31. The Kier molecular flexibility index (Phi) is 18.0. The average Bonchev–Trinajstić information content (AvgIpc) is 2.42. The highest BCUT2D eigenvalue weighted by atomic mass is 33.8. The predicted octanol–water partition coefficient (Wildman–Crippen LogP) is 9.03. The van der Waals surface area contributed by atoms with Crippen molar-refractivity contribution in [2.45, 2.75) is 96.7 Å². The summed E-state index contributed by atoms with van der Waals surface area (Å²) in [7, 11) is 9.78. The Balaban J connectivity index is 3.00. The zero-order valence-electron chi connectivity index (χ0n) is 14.3. The maximum absolute atomic E-state index is 2.29. The predicted molar refractivity (Wildman–Crippen MR) is 114 cm³/mol. The Bertz CT molecular complexity index is 203. The van der Waals surface area contributed by atoms with Crippen LogP contribution in [0.4, 0.5) is 0 Å². The Morgan fingerprint density at radius 1 is 0.619 bits per heavy atom. The van der Waals surface area contributed by atoms with Gasteiger partial charge in [0.1, 0.15) is 0 Å². The van der Waals surface area contributed by atoms with E-state index in [0.29, 0.717) is 4.75 Å². The monoisotopic (exact) mass is 386 g/mol. The fourth-order valence-corrected chi connectivity index (χ4v) is 11.5. The highest BCUT2D eigenvalue weighted by Gasteiger charge is 2.11. The normalized spacial score (nSPS) is 12.0.